The first-order valence-electron chi connectivity index (χ1n) is 8.65. The third kappa shape index (κ3) is 22.2. The van der Waals surface area contributed by atoms with E-state index in [2.05, 4.69) is 6.92 Å². The molecule has 0 aromatic heterocycles. The Hall–Kier alpha value is -0.100. The Balaban J connectivity index is 0. The second-order valence-electron chi connectivity index (χ2n) is 5.72. The molecule has 0 aromatic rings. The predicted octanol–water partition coefficient (Wildman–Crippen LogP) is 3.37. The van der Waals surface area contributed by atoms with Crippen molar-refractivity contribution in [2.45, 2.75) is 87.3 Å². The molecule has 1 atom stereocenters. The van der Waals surface area contributed by atoms with E-state index < -0.39 is 24.4 Å². The van der Waals surface area contributed by atoms with E-state index in [0.29, 0.717) is 0 Å². The molecule has 0 heterocycles. The fourth-order valence-electron chi connectivity index (χ4n) is 2.01. The maximum atomic E-state index is 9.85. The van der Waals surface area contributed by atoms with Crippen molar-refractivity contribution in [2.24, 2.45) is 5.73 Å². The van der Waals surface area contributed by atoms with Gasteiger partial charge in [-0.3, -0.25) is 9.59 Å². The van der Waals surface area contributed by atoms with Crippen LogP contribution in [0, 0.1) is 0 Å². The summed E-state index contributed by atoms with van der Waals surface area (Å²) in [6.45, 7) is 2.29. The van der Waals surface area contributed by atoms with Gasteiger partial charge < -0.3 is 15.9 Å². The topological polar surface area (TPSA) is 101 Å². The van der Waals surface area contributed by atoms with Crippen LogP contribution in [0.5, 0.6) is 0 Å². The summed E-state index contributed by atoms with van der Waals surface area (Å²) in [7, 11) is 0. The third-order valence-electron chi connectivity index (χ3n) is 3.42. The Morgan fingerprint density at radius 1 is 0.909 bits per heavy atom. The van der Waals surface area contributed by atoms with Crippen LogP contribution in [0.1, 0.15) is 77.6 Å². The van der Waals surface area contributed by atoms with Crippen molar-refractivity contribution < 1.29 is 19.8 Å². The SMILES string of the molecule is CCCCCCCCCCC[CH2][Na].N[C@@H](CC(=O)O)C(=O)O. The van der Waals surface area contributed by atoms with Crippen LogP contribution in [0.15, 0.2) is 0 Å². The van der Waals surface area contributed by atoms with Gasteiger partial charge in [-0.2, -0.15) is 0 Å². The number of aliphatic carboxylic acids is 2. The molecule has 0 fully saturated rings. The van der Waals surface area contributed by atoms with E-state index >= 15 is 0 Å². The molecule has 0 rings (SSSR count). The van der Waals surface area contributed by atoms with Crippen LogP contribution in [0.2, 0.25) is 3.67 Å². The van der Waals surface area contributed by atoms with Crippen LogP contribution < -0.4 is 5.73 Å². The monoisotopic (exact) mass is 325 g/mol. The number of nitrogens with two attached hydrogens (primary N) is 1. The van der Waals surface area contributed by atoms with Gasteiger partial charge >= 0.3 is 115 Å². The van der Waals surface area contributed by atoms with Gasteiger partial charge in [0, 0.05) is 0 Å². The van der Waals surface area contributed by atoms with Crippen molar-refractivity contribution in [1.82, 2.24) is 0 Å². The van der Waals surface area contributed by atoms with E-state index in [1.54, 1.807) is 0 Å². The molecule has 0 bridgehead atoms. The molecule has 4 N–H and O–H groups in total. The number of rotatable bonds is 13. The normalized spacial score (nSPS) is 11.5. The number of unbranched alkanes of at least 4 members (excludes halogenated alkanes) is 9. The van der Waals surface area contributed by atoms with Crippen LogP contribution in [-0.2, 0) is 9.59 Å². The van der Waals surface area contributed by atoms with Crippen LogP contribution in [-0.4, -0.2) is 56.1 Å². The van der Waals surface area contributed by atoms with Gasteiger partial charge in [-0.1, -0.05) is 0 Å². The van der Waals surface area contributed by atoms with Crippen molar-refractivity contribution >= 4 is 39.9 Å². The molecule has 6 heteroatoms. The fourth-order valence-corrected chi connectivity index (χ4v) is 2.51. The average molecular weight is 325 g/mol. The van der Waals surface area contributed by atoms with Gasteiger partial charge in [0.05, 0.1) is 6.42 Å². The molecule has 0 aromatic carbocycles. The Kier molecular flexibility index (Phi) is 20.8. The minimum atomic E-state index is -1.29. The van der Waals surface area contributed by atoms with Gasteiger partial charge in [0.2, 0.25) is 0 Å². The predicted molar refractivity (Wildman–Crippen MR) is 90.3 cm³/mol. The molecular formula is C16H32NNaO4. The molecule has 0 saturated heterocycles. The van der Waals surface area contributed by atoms with Crippen molar-refractivity contribution in [3.63, 3.8) is 0 Å². The Morgan fingerprint density at radius 3 is 1.59 bits per heavy atom. The number of carboxylic acids is 2. The summed E-state index contributed by atoms with van der Waals surface area (Å²) in [5, 5.41) is 16.0. The number of carboxylic acid groups (broad SMARTS) is 2. The molecule has 0 radical (unpaired) electrons. The smallest absolute Gasteiger partial charge is 0.321 e. The summed E-state index contributed by atoms with van der Waals surface area (Å²) in [5.74, 6) is -2.50. The Labute approximate surface area is 152 Å². The summed E-state index contributed by atoms with van der Waals surface area (Å²) in [5.41, 5.74) is 4.84. The van der Waals surface area contributed by atoms with Crippen molar-refractivity contribution in [1.29, 1.82) is 0 Å². The van der Waals surface area contributed by atoms with E-state index in [4.69, 9.17) is 15.9 Å². The van der Waals surface area contributed by atoms with Crippen molar-refractivity contribution in [2.75, 3.05) is 0 Å². The Bertz CT molecular complexity index is 265. The van der Waals surface area contributed by atoms with E-state index in [9.17, 15) is 9.59 Å². The maximum absolute atomic E-state index is 9.85. The van der Waals surface area contributed by atoms with Crippen LogP contribution in [0.3, 0.4) is 0 Å². The maximum Gasteiger partial charge on any atom is 0.321 e. The number of carbonyl (C=O) groups is 2. The van der Waals surface area contributed by atoms with Gasteiger partial charge in [-0.05, 0) is 0 Å². The molecule has 0 saturated carbocycles. The largest absolute Gasteiger partial charge is 0.481 e. The quantitative estimate of drug-likeness (QED) is 0.356. The molecule has 5 nitrogen and oxygen atoms in total. The van der Waals surface area contributed by atoms with E-state index in [1.165, 1.54) is 95.8 Å². The van der Waals surface area contributed by atoms with Gasteiger partial charge in [0.1, 0.15) is 6.04 Å². The molecule has 0 unspecified atom stereocenters. The molecule has 126 valence electrons. The van der Waals surface area contributed by atoms with E-state index in [-0.39, 0.29) is 0 Å². The third-order valence-corrected chi connectivity index (χ3v) is 4.13. The first kappa shape index (κ1) is 24.2. The van der Waals surface area contributed by atoms with Gasteiger partial charge in [0.25, 0.3) is 0 Å². The minimum Gasteiger partial charge on any atom is -0.481 e. The number of hydrogen-bond donors (Lipinski definition) is 3. The second-order valence-corrected chi connectivity index (χ2v) is 6.72. The van der Waals surface area contributed by atoms with Crippen molar-refractivity contribution in [3.8, 4) is 0 Å². The van der Waals surface area contributed by atoms with Gasteiger partial charge in [0.15, 0.2) is 0 Å². The fraction of sp³-hybridized carbons (Fsp3) is 0.875. The number of hydrogen-bond acceptors (Lipinski definition) is 3. The first-order valence-corrected chi connectivity index (χ1v) is 10.1. The van der Waals surface area contributed by atoms with Gasteiger partial charge in [-0.25, -0.2) is 0 Å². The summed E-state index contributed by atoms with van der Waals surface area (Å²) in [6.07, 6.45) is 14.2. The molecule has 0 spiro atoms. The van der Waals surface area contributed by atoms with E-state index in [1.807, 2.05) is 0 Å². The summed E-state index contributed by atoms with van der Waals surface area (Å²) in [4.78, 5) is 19.6. The second kappa shape index (κ2) is 18.9. The summed E-state index contributed by atoms with van der Waals surface area (Å²) in [6, 6.07) is -1.29. The molecule has 0 aliphatic rings. The van der Waals surface area contributed by atoms with E-state index in [0.717, 1.165) is 0 Å². The summed E-state index contributed by atoms with van der Waals surface area (Å²) >= 11 is 1.41. The zero-order chi connectivity index (χ0) is 17.2. The van der Waals surface area contributed by atoms with Crippen molar-refractivity contribution in [3.05, 3.63) is 0 Å². The minimum absolute atomic E-state index is 0.532. The molecule has 0 aliphatic heterocycles. The Morgan fingerprint density at radius 2 is 1.32 bits per heavy atom. The van der Waals surface area contributed by atoms with Crippen LogP contribution >= 0.6 is 0 Å². The zero-order valence-corrected chi connectivity index (χ0v) is 16.4. The average Bonchev–Trinajstić information content (AvgIpc) is 2.45. The van der Waals surface area contributed by atoms with Gasteiger partial charge in [-0.15, -0.1) is 0 Å². The summed E-state index contributed by atoms with van der Waals surface area (Å²) < 4.78 is 1.51. The zero-order valence-electron chi connectivity index (χ0n) is 14.4. The molecule has 0 amide bonds. The molecule has 22 heavy (non-hydrogen) atoms. The molecule has 0 aliphatic carbocycles. The molecular weight excluding hydrogens is 293 g/mol. The van der Waals surface area contributed by atoms with Crippen LogP contribution in [0.25, 0.3) is 0 Å². The standard InChI is InChI=1S/C12H25.C4H7NO4.Na/c1-3-5-7-9-11-12-10-8-6-4-2;5-2(4(8)9)1-3(6)7;/h1,3-12H2,2H3;2H,1,5H2,(H,6,7)(H,8,9);/t;2-;/m.0./s1. The first-order chi connectivity index (χ1) is 10.5. The van der Waals surface area contributed by atoms with Crippen LogP contribution in [0.4, 0.5) is 0 Å².